The van der Waals surface area contributed by atoms with E-state index in [-0.39, 0.29) is 31.2 Å². The largest absolute Gasteiger partial charge is 0.481 e. The summed E-state index contributed by atoms with van der Waals surface area (Å²) in [4.78, 5) is 31.6. The predicted molar refractivity (Wildman–Crippen MR) is 112 cm³/mol. The van der Waals surface area contributed by atoms with Crippen LogP contribution >= 0.6 is 15.9 Å². The number of carbonyl (C=O) groups is 2. The molecule has 1 atom stereocenters. The molecule has 0 aliphatic carbocycles. The summed E-state index contributed by atoms with van der Waals surface area (Å²) in [5.41, 5.74) is 3.47. The molecule has 1 aliphatic heterocycles. The minimum atomic E-state index is -0.910. The van der Waals surface area contributed by atoms with Crippen molar-refractivity contribution in [2.45, 2.75) is 31.7 Å². The topological polar surface area (TPSA) is 98.7 Å². The quantitative estimate of drug-likeness (QED) is 0.581. The Hall–Kier alpha value is -3.00. The van der Waals surface area contributed by atoms with Crippen LogP contribution in [0.3, 0.4) is 0 Å². The molecule has 0 saturated carbocycles. The lowest BCUT2D eigenvalue weighted by molar-refractivity contribution is -0.137. The molecular formula is C21H19BrN4O3. The van der Waals surface area contributed by atoms with E-state index in [2.05, 4.69) is 31.0 Å². The number of fused-ring (bicyclic) bond motifs is 1. The molecule has 2 N–H and O–H groups in total. The van der Waals surface area contributed by atoms with Crippen molar-refractivity contribution in [2.24, 2.45) is 5.10 Å². The number of nitrogens with zero attached hydrogens (tertiary/aromatic N) is 3. The van der Waals surface area contributed by atoms with Gasteiger partial charge in [0.2, 0.25) is 5.91 Å². The second-order valence-electron chi connectivity index (χ2n) is 6.90. The Labute approximate surface area is 175 Å². The number of nitrogens with one attached hydrogen (secondary N) is 1. The molecule has 2 aromatic carbocycles. The van der Waals surface area contributed by atoms with Gasteiger partial charge in [0.15, 0.2) is 0 Å². The second kappa shape index (κ2) is 8.16. The Kier molecular flexibility index (Phi) is 5.44. The van der Waals surface area contributed by atoms with Gasteiger partial charge >= 0.3 is 5.97 Å². The summed E-state index contributed by atoms with van der Waals surface area (Å²) in [5.74, 6) is -0.440. The lowest BCUT2D eigenvalue weighted by Crippen LogP contribution is -2.27. The molecule has 0 radical (unpaired) electrons. The molecule has 7 nitrogen and oxygen atoms in total. The van der Waals surface area contributed by atoms with Gasteiger partial charge in [-0.05, 0) is 36.2 Å². The Morgan fingerprint density at radius 3 is 2.62 bits per heavy atom. The highest BCUT2D eigenvalue weighted by atomic mass is 79.9. The molecule has 0 saturated heterocycles. The van der Waals surface area contributed by atoms with Crippen molar-refractivity contribution in [3.8, 4) is 0 Å². The van der Waals surface area contributed by atoms with E-state index >= 15 is 0 Å². The van der Waals surface area contributed by atoms with Crippen molar-refractivity contribution >= 4 is 44.6 Å². The molecule has 0 unspecified atom stereocenters. The third-order valence-electron chi connectivity index (χ3n) is 4.85. The molecule has 29 heavy (non-hydrogen) atoms. The number of halogens is 1. The summed E-state index contributed by atoms with van der Waals surface area (Å²) < 4.78 is 0.968. The van der Waals surface area contributed by atoms with Gasteiger partial charge in [-0.2, -0.15) is 5.10 Å². The monoisotopic (exact) mass is 454 g/mol. The number of carboxylic acid groups (broad SMARTS) is 1. The fraction of sp³-hybridized carbons (Fsp3) is 0.238. The molecule has 0 bridgehead atoms. The van der Waals surface area contributed by atoms with Crippen LogP contribution in [0.4, 0.5) is 0 Å². The van der Waals surface area contributed by atoms with Crippen molar-refractivity contribution in [1.29, 1.82) is 0 Å². The molecule has 2 heterocycles. The first-order chi connectivity index (χ1) is 14.0. The summed E-state index contributed by atoms with van der Waals surface area (Å²) in [5, 5.41) is 14.9. The van der Waals surface area contributed by atoms with Gasteiger partial charge in [-0.15, -0.1) is 0 Å². The first kappa shape index (κ1) is 19.3. The van der Waals surface area contributed by atoms with Gasteiger partial charge in [0.1, 0.15) is 11.9 Å². The number of hydrogen-bond acceptors (Lipinski definition) is 4. The fourth-order valence-electron chi connectivity index (χ4n) is 3.41. The number of amides is 1. The first-order valence-corrected chi connectivity index (χ1v) is 10.1. The molecule has 148 valence electrons. The van der Waals surface area contributed by atoms with Crippen LogP contribution in [0.5, 0.6) is 0 Å². The van der Waals surface area contributed by atoms with Gasteiger partial charge < -0.3 is 10.1 Å². The third-order valence-corrected chi connectivity index (χ3v) is 5.38. The highest BCUT2D eigenvalue weighted by Crippen LogP contribution is 2.33. The molecule has 1 aliphatic rings. The van der Waals surface area contributed by atoms with E-state index < -0.39 is 5.97 Å². The number of carbonyl (C=O) groups excluding carboxylic acids is 1. The van der Waals surface area contributed by atoms with Crippen LogP contribution in [0.15, 0.2) is 58.1 Å². The van der Waals surface area contributed by atoms with E-state index in [1.165, 1.54) is 5.01 Å². The zero-order valence-corrected chi connectivity index (χ0v) is 17.1. The van der Waals surface area contributed by atoms with E-state index in [4.69, 9.17) is 5.11 Å². The Balaban J connectivity index is 1.63. The van der Waals surface area contributed by atoms with E-state index in [1.54, 1.807) is 0 Å². The number of benzene rings is 2. The number of aromatic nitrogens is 2. The molecule has 3 aromatic rings. The molecule has 4 rings (SSSR count). The number of hydrogen-bond donors (Lipinski definition) is 2. The average Bonchev–Trinajstić information content (AvgIpc) is 3.32. The van der Waals surface area contributed by atoms with Crippen LogP contribution in [0, 0.1) is 0 Å². The molecule has 1 amide bonds. The van der Waals surface area contributed by atoms with Crippen molar-refractivity contribution < 1.29 is 14.7 Å². The predicted octanol–water partition coefficient (Wildman–Crippen LogP) is 4.26. The number of H-pyrrole nitrogens is 1. The molecular weight excluding hydrogens is 436 g/mol. The summed E-state index contributed by atoms with van der Waals surface area (Å²) in [6.45, 7) is 0. The number of rotatable bonds is 6. The lowest BCUT2D eigenvalue weighted by atomic mass is 10.0. The summed E-state index contributed by atoms with van der Waals surface area (Å²) >= 11 is 3.43. The Morgan fingerprint density at radius 1 is 1.14 bits per heavy atom. The van der Waals surface area contributed by atoms with Gasteiger partial charge in [-0.3, -0.25) is 9.59 Å². The Bertz CT molecular complexity index is 1060. The maximum atomic E-state index is 12.8. The van der Waals surface area contributed by atoms with Gasteiger partial charge in [0.05, 0.1) is 16.7 Å². The molecule has 8 heteroatoms. The van der Waals surface area contributed by atoms with Crippen molar-refractivity contribution in [3.05, 3.63) is 64.4 Å². The number of carboxylic acids is 1. The number of aromatic amines is 1. The fourth-order valence-corrected chi connectivity index (χ4v) is 3.67. The normalized spacial score (nSPS) is 16.2. The third kappa shape index (κ3) is 4.22. The van der Waals surface area contributed by atoms with Gasteiger partial charge in [-0.25, -0.2) is 9.99 Å². The van der Waals surface area contributed by atoms with Crippen LogP contribution < -0.4 is 0 Å². The zero-order chi connectivity index (χ0) is 20.4. The minimum Gasteiger partial charge on any atom is -0.481 e. The lowest BCUT2D eigenvalue weighted by Gasteiger charge is -2.19. The summed E-state index contributed by atoms with van der Waals surface area (Å²) in [6.07, 6.45) is 0.894. The van der Waals surface area contributed by atoms with Crippen LogP contribution in [-0.4, -0.2) is 37.7 Å². The second-order valence-corrected chi connectivity index (χ2v) is 7.81. The number of para-hydroxylation sites is 2. The standard InChI is InChI=1S/C21H19BrN4O3/c22-14-10-8-13(9-11-14)17-12-18(21-23-15-4-1-2-5-16(15)24-21)26(25-17)19(27)6-3-7-20(28)29/h1-2,4-5,8-11,18H,3,6-7,12H2,(H,23,24)(H,28,29)/t18-/m0/s1. The van der Waals surface area contributed by atoms with E-state index in [0.29, 0.717) is 12.2 Å². The zero-order valence-electron chi connectivity index (χ0n) is 15.5. The summed E-state index contributed by atoms with van der Waals surface area (Å²) in [6, 6.07) is 15.1. The van der Waals surface area contributed by atoms with Gasteiger partial charge in [-0.1, -0.05) is 40.2 Å². The Morgan fingerprint density at radius 2 is 1.90 bits per heavy atom. The smallest absolute Gasteiger partial charge is 0.303 e. The maximum Gasteiger partial charge on any atom is 0.303 e. The number of hydrazone groups is 1. The molecule has 0 fully saturated rings. The van der Waals surface area contributed by atoms with E-state index in [1.807, 2.05) is 48.5 Å². The average molecular weight is 455 g/mol. The minimum absolute atomic E-state index is 0.0435. The maximum absolute atomic E-state index is 12.8. The van der Waals surface area contributed by atoms with Crippen molar-refractivity contribution in [3.63, 3.8) is 0 Å². The van der Waals surface area contributed by atoms with Crippen molar-refractivity contribution in [1.82, 2.24) is 15.0 Å². The number of aliphatic carboxylic acids is 1. The van der Waals surface area contributed by atoms with Crippen LogP contribution in [-0.2, 0) is 9.59 Å². The van der Waals surface area contributed by atoms with Crippen molar-refractivity contribution in [2.75, 3.05) is 0 Å². The highest BCUT2D eigenvalue weighted by Gasteiger charge is 2.34. The van der Waals surface area contributed by atoms with Crippen LogP contribution in [0.25, 0.3) is 11.0 Å². The molecule has 1 aromatic heterocycles. The SMILES string of the molecule is O=C(O)CCCC(=O)N1N=C(c2ccc(Br)cc2)C[C@H]1c1nc2ccccc2[nH]1. The van der Waals surface area contributed by atoms with E-state index in [9.17, 15) is 9.59 Å². The van der Waals surface area contributed by atoms with Gasteiger partial charge in [0, 0.05) is 23.7 Å². The highest BCUT2D eigenvalue weighted by molar-refractivity contribution is 9.10. The van der Waals surface area contributed by atoms with Crippen LogP contribution in [0.2, 0.25) is 0 Å². The van der Waals surface area contributed by atoms with Gasteiger partial charge in [0.25, 0.3) is 0 Å². The first-order valence-electron chi connectivity index (χ1n) is 9.33. The van der Waals surface area contributed by atoms with E-state index in [0.717, 1.165) is 26.8 Å². The summed E-state index contributed by atoms with van der Waals surface area (Å²) in [7, 11) is 0. The number of imidazole rings is 1. The molecule has 0 spiro atoms. The van der Waals surface area contributed by atoms with Crippen LogP contribution in [0.1, 0.15) is 43.1 Å².